The molecule has 4 nitrogen and oxygen atoms in total. The standard InChI is InChI=1S/C14H23ClN2O2/c1-3-17(6-7-18)12-4-5-14(11(2)8-12)16-10-13(19)9-15/h4-5,8,13,16,18-19H,3,6-7,9-10H2,1-2H3. The van der Waals surface area contributed by atoms with Gasteiger partial charge in [-0.15, -0.1) is 11.6 Å². The molecular formula is C14H23ClN2O2. The molecule has 0 aliphatic carbocycles. The molecule has 0 aromatic heterocycles. The molecule has 0 fully saturated rings. The van der Waals surface area contributed by atoms with Crippen LogP contribution in [0.25, 0.3) is 0 Å². The fourth-order valence-corrected chi connectivity index (χ4v) is 2.02. The van der Waals surface area contributed by atoms with Gasteiger partial charge in [-0.3, -0.25) is 0 Å². The Morgan fingerprint density at radius 3 is 2.68 bits per heavy atom. The maximum absolute atomic E-state index is 9.43. The van der Waals surface area contributed by atoms with E-state index in [9.17, 15) is 5.11 Å². The number of likely N-dealkylation sites (N-methyl/N-ethyl adjacent to an activating group) is 1. The van der Waals surface area contributed by atoms with Crippen molar-refractivity contribution >= 4 is 23.0 Å². The molecule has 19 heavy (non-hydrogen) atoms. The Labute approximate surface area is 120 Å². The molecular weight excluding hydrogens is 264 g/mol. The van der Waals surface area contributed by atoms with Crippen LogP contribution in [0.1, 0.15) is 12.5 Å². The zero-order valence-corrected chi connectivity index (χ0v) is 12.3. The van der Waals surface area contributed by atoms with Crippen LogP contribution in [0.5, 0.6) is 0 Å². The number of anilines is 2. The third kappa shape index (κ3) is 4.90. The molecule has 0 radical (unpaired) electrons. The summed E-state index contributed by atoms with van der Waals surface area (Å²) in [7, 11) is 0. The minimum atomic E-state index is -0.540. The first-order valence-electron chi connectivity index (χ1n) is 6.56. The lowest BCUT2D eigenvalue weighted by molar-refractivity contribution is 0.211. The molecule has 0 bridgehead atoms. The summed E-state index contributed by atoms with van der Waals surface area (Å²) < 4.78 is 0. The van der Waals surface area contributed by atoms with Crippen LogP contribution in [-0.2, 0) is 0 Å². The fourth-order valence-electron chi connectivity index (χ4n) is 1.92. The van der Waals surface area contributed by atoms with Crippen molar-refractivity contribution in [1.29, 1.82) is 0 Å². The number of hydrogen-bond acceptors (Lipinski definition) is 4. The van der Waals surface area contributed by atoms with Crippen molar-refractivity contribution in [3.8, 4) is 0 Å². The third-order valence-electron chi connectivity index (χ3n) is 3.03. The SMILES string of the molecule is CCN(CCO)c1ccc(NCC(O)CCl)c(C)c1. The van der Waals surface area contributed by atoms with Gasteiger partial charge in [0, 0.05) is 31.0 Å². The summed E-state index contributed by atoms with van der Waals surface area (Å²) in [6.45, 7) is 6.16. The lowest BCUT2D eigenvalue weighted by atomic mass is 10.1. The second kappa shape index (κ2) is 8.25. The number of aryl methyl sites for hydroxylation is 1. The van der Waals surface area contributed by atoms with Gasteiger partial charge in [-0.25, -0.2) is 0 Å². The van der Waals surface area contributed by atoms with Crippen LogP contribution >= 0.6 is 11.6 Å². The number of benzene rings is 1. The van der Waals surface area contributed by atoms with Crippen LogP contribution in [0.3, 0.4) is 0 Å². The summed E-state index contributed by atoms with van der Waals surface area (Å²) in [6, 6.07) is 6.09. The van der Waals surface area contributed by atoms with Crippen LogP contribution in [0.4, 0.5) is 11.4 Å². The molecule has 1 unspecified atom stereocenters. The van der Waals surface area contributed by atoms with Gasteiger partial charge in [0.2, 0.25) is 0 Å². The van der Waals surface area contributed by atoms with E-state index in [1.54, 1.807) is 0 Å². The molecule has 0 saturated heterocycles. The van der Waals surface area contributed by atoms with E-state index in [4.69, 9.17) is 16.7 Å². The van der Waals surface area contributed by atoms with Gasteiger partial charge >= 0.3 is 0 Å². The molecule has 0 spiro atoms. The van der Waals surface area contributed by atoms with E-state index in [1.807, 2.05) is 19.1 Å². The lowest BCUT2D eigenvalue weighted by Crippen LogP contribution is -2.26. The number of hydrogen-bond donors (Lipinski definition) is 3. The normalized spacial score (nSPS) is 12.3. The summed E-state index contributed by atoms with van der Waals surface area (Å²) in [5.41, 5.74) is 3.20. The summed E-state index contributed by atoms with van der Waals surface area (Å²) in [6.07, 6.45) is -0.540. The highest BCUT2D eigenvalue weighted by molar-refractivity contribution is 6.18. The van der Waals surface area contributed by atoms with Gasteiger partial charge in [0.1, 0.15) is 0 Å². The largest absolute Gasteiger partial charge is 0.395 e. The van der Waals surface area contributed by atoms with E-state index in [0.29, 0.717) is 13.1 Å². The number of nitrogens with zero attached hydrogens (tertiary/aromatic N) is 1. The molecule has 108 valence electrons. The molecule has 5 heteroatoms. The Balaban J connectivity index is 2.73. The number of halogens is 1. The molecule has 1 rings (SSSR count). The topological polar surface area (TPSA) is 55.7 Å². The Bertz CT molecular complexity index is 388. The van der Waals surface area contributed by atoms with E-state index in [0.717, 1.165) is 23.5 Å². The van der Waals surface area contributed by atoms with Gasteiger partial charge in [0.25, 0.3) is 0 Å². The van der Waals surface area contributed by atoms with E-state index in [-0.39, 0.29) is 12.5 Å². The van der Waals surface area contributed by atoms with Gasteiger partial charge in [-0.2, -0.15) is 0 Å². The second-order valence-electron chi connectivity index (χ2n) is 4.49. The zero-order valence-electron chi connectivity index (χ0n) is 11.6. The number of rotatable bonds is 8. The summed E-state index contributed by atoms with van der Waals surface area (Å²) in [5.74, 6) is 0.226. The molecule has 0 heterocycles. The molecule has 0 saturated carbocycles. The van der Waals surface area contributed by atoms with Crippen molar-refractivity contribution in [1.82, 2.24) is 0 Å². The molecule has 0 amide bonds. The van der Waals surface area contributed by atoms with Crippen molar-refractivity contribution in [2.45, 2.75) is 20.0 Å². The summed E-state index contributed by atoms with van der Waals surface area (Å²) in [5, 5.41) is 21.6. The van der Waals surface area contributed by atoms with Crippen molar-refractivity contribution < 1.29 is 10.2 Å². The zero-order chi connectivity index (χ0) is 14.3. The summed E-state index contributed by atoms with van der Waals surface area (Å²) >= 11 is 5.56. The number of aliphatic hydroxyl groups is 2. The van der Waals surface area contributed by atoms with Crippen LogP contribution in [0, 0.1) is 6.92 Å². The maximum Gasteiger partial charge on any atom is 0.0847 e. The fraction of sp³-hybridized carbons (Fsp3) is 0.571. The van der Waals surface area contributed by atoms with Crippen molar-refractivity contribution in [2.75, 3.05) is 42.3 Å². The smallest absolute Gasteiger partial charge is 0.0847 e. The first-order valence-corrected chi connectivity index (χ1v) is 7.10. The monoisotopic (exact) mass is 286 g/mol. The predicted octanol–water partition coefficient (Wildman–Crippen LogP) is 1.83. The van der Waals surface area contributed by atoms with Gasteiger partial charge in [0.15, 0.2) is 0 Å². The van der Waals surface area contributed by atoms with Crippen molar-refractivity contribution in [2.24, 2.45) is 0 Å². The van der Waals surface area contributed by atoms with Crippen LogP contribution in [-0.4, -0.2) is 48.4 Å². The highest BCUT2D eigenvalue weighted by atomic mass is 35.5. The lowest BCUT2D eigenvalue weighted by Gasteiger charge is -2.23. The van der Waals surface area contributed by atoms with Crippen LogP contribution in [0.15, 0.2) is 18.2 Å². The Morgan fingerprint density at radius 2 is 2.16 bits per heavy atom. The highest BCUT2D eigenvalue weighted by Gasteiger charge is 2.07. The van der Waals surface area contributed by atoms with Crippen molar-refractivity contribution in [3.63, 3.8) is 0 Å². The summed E-state index contributed by atoms with van der Waals surface area (Å²) in [4.78, 5) is 2.12. The first-order chi connectivity index (χ1) is 9.12. The molecule has 1 aromatic carbocycles. The van der Waals surface area contributed by atoms with E-state index in [1.165, 1.54) is 0 Å². The van der Waals surface area contributed by atoms with Crippen LogP contribution in [0.2, 0.25) is 0 Å². The number of nitrogens with one attached hydrogen (secondary N) is 1. The number of aliphatic hydroxyl groups excluding tert-OH is 2. The second-order valence-corrected chi connectivity index (χ2v) is 4.80. The molecule has 0 aliphatic rings. The Kier molecular flexibility index (Phi) is 6.99. The third-order valence-corrected chi connectivity index (χ3v) is 3.39. The predicted molar refractivity (Wildman–Crippen MR) is 81.4 cm³/mol. The average Bonchev–Trinajstić information content (AvgIpc) is 2.43. The van der Waals surface area contributed by atoms with E-state index >= 15 is 0 Å². The minimum Gasteiger partial charge on any atom is -0.395 e. The van der Waals surface area contributed by atoms with E-state index in [2.05, 4.69) is 23.2 Å². The van der Waals surface area contributed by atoms with Crippen LogP contribution < -0.4 is 10.2 Å². The van der Waals surface area contributed by atoms with E-state index < -0.39 is 6.10 Å². The van der Waals surface area contributed by atoms with Gasteiger partial charge in [-0.1, -0.05) is 0 Å². The number of alkyl halides is 1. The quantitative estimate of drug-likeness (QED) is 0.638. The Morgan fingerprint density at radius 1 is 1.42 bits per heavy atom. The minimum absolute atomic E-state index is 0.148. The Hall–Kier alpha value is -0.970. The molecule has 1 atom stereocenters. The first kappa shape index (κ1) is 16.1. The van der Waals surface area contributed by atoms with Crippen molar-refractivity contribution in [3.05, 3.63) is 23.8 Å². The van der Waals surface area contributed by atoms with Gasteiger partial charge in [0.05, 0.1) is 18.6 Å². The van der Waals surface area contributed by atoms with Gasteiger partial charge < -0.3 is 20.4 Å². The van der Waals surface area contributed by atoms with Gasteiger partial charge in [-0.05, 0) is 37.6 Å². The molecule has 3 N–H and O–H groups in total. The average molecular weight is 287 g/mol. The highest BCUT2D eigenvalue weighted by Crippen LogP contribution is 2.22. The molecule has 0 aliphatic heterocycles. The maximum atomic E-state index is 9.43. The molecule has 1 aromatic rings.